The van der Waals surface area contributed by atoms with Crippen molar-refractivity contribution in [2.45, 2.75) is 116 Å². The monoisotopic (exact) mass is 450 g/mol. The average Bonchev–Trinajstić information content (AvgIpc) is 3.37. The number of hydrogen-bond donors (Lipinski definition) is 0. The van der Waals surface area contributed by atoms with Gasteiger partial charge >= 0.3 is 0 Å². The maximum absolute atomic E-state index is 5.94. The van der Waals surface area contributed by atoms with Crippen LogP contribution in [0.4, 0.5) is 0 Å². The van der Waals surface area contributed by atoms with Crippen LogP contribution in [-0.4, -0.2) is 16.6 Å². The third-order valence-electron chi connectivity index (χ3n) is 7.14. The van der Waals surface area contributed by atoms with Crippen LogP contribution in [0.3, 0.4) is 0 Å². The summed E-state index contributed by atoms with van der Waals surface area (Å²) in [5.41, 5.74) is 2.30. The Balaban J connectivity index is 1.27. The lowest BCUT2D eigenvalue weighted by Gasteiger charge is -2.09. The van der Waals surface area contributed by atoms with Gasteiger partial charge in [0.25, 0.3) is 0 Å². The summed E-state index contributed by atoms with van der Waals surface area (Å²) in [6.07, 6.45) is 27.0. The summed E-state index contributed by atoms with van der Waals surface area (Å²) in [7, 11) is 0. The first-order chi connectivity index (χ1) is 16.3. The zero-order chi connectivity index (χ0) is 23.0. The molecule has 0 atom stereocenters. The zero-order valence-corrected chi connectivity index (χ0v) is 21.1. The van der Waals surface area contributed by atoms with E-state index < -0.39 is 0 Å². The molecule has 1 fully saturated rings. The van der Waals surface area contributed by atoms with Crippen molar-refractivity contribution in [1.82, 2.24) is 9.97 Å². The molecule has 0 amide bonds. The number of rotatable bonds is 17. The topological polar surface area (TPSA) is 35.0 Å². The number of aromatic nitrogens is 2. The molecule has 1 saturated carbocycles. The first-order valence-corrected chi connectivity index (χ1v) is 13.9. The van der Waals surface area contributed by atoms with Gasteiger partial charge in [0, 0.05) is 18.0 Å². The van der Waals surface area contributed by atoms with Crippen molar-refractivity contribution in [2.75, 3.05) is 6.61 Å². The molecule has 1 aromatic carbocycles. The lowest BCUT2D eigenvalue weighted by atomic mass is 9.99. The summed E-state index contributed by atoms with van der Waals surface area (Å²) in [4.78, 5) is 9.20. The molecule has 2 aromatic rings. The molecule has 3 heteroatoms. The average molecular weight is 451 g/mol. The number of benzene rings is 1. The molecule has 0 N–H and O–H groups in total. The smallest absolute Gasteiger partial charge is 0.159 e. The van der Waals surface area contributed by atoms with Crippen LogP contribution in [0.2, 0.25) is 0 Å². The van der Waals surface area contributed by atoms with Crippen molar-refractivity contribution in [3.05, 3.63) is 42.2 Å². The van der Waals surface area contributed by atoms with Gasteiger partial charge in [-0.2, -0.15) is 0 Å². The van der Waals surface area contributed by atoms with Gasteiger partial charge in [0.2, 0.25) is 0 Å². The summed E-state index contributed by atoms with van der Waals surface area (Å²) in [5, 5.41) is 0. The Morgan fingerprint density at radius 3 is 2.12 bits per heavy atom. The summed E-state index contributed by atoms with van der Waals surface area (Å²) in [6, 6.07) is 8.24. The molecule has 0 aliphatic heterocycles. The van der Waals surface area contributed by atoms with Crippen molar-refractivity contribution in [3.8, 4) is 17.1 Å². The van der Waals surface area contributed by atoms with Crippen LogP contribution in [-0.2, 0) is 6.42 Å². The van der Waals surface area contributed by atoms with Crippen molar-refractivity contribution >= 4 is 0 Å². The molecule has 0 radical (unpaired) electrons. The quantitative estimate of drug-likeness (QED) is 0.226. The summed E-state index contributed by atoms with van der Waals surface area (Å²) in [5.74, 6) is 2.78. The molecular formula is C30H46N2O. The van der Waals surface area contributed by atoms with Gasteiger partial charge in [-0.1, -0.05) is 96.8 Å². The highest BCUT2D eigenvalue weighted by molar-refractivity contribution is 5.55. The van der Waals surface area contributed by atoms with E-state index >= 15 is 0 Å². The van der Waals surface area contributed by atoms with Crippen LogP contribution in [0.5, 0.6) is 5.75 Å². The standard InChI is InChI=1S/C30H46N2O/c1-2-3-4-5-6-7-11-18-27-24-31-30(32-25-27)28-19-21-29(22-20-28)33-23-14-9-8-10-15-26-16-12-13-17-26/h19-22,24-26H,2-18,23H2,1H3. The lowest BCUT2D eigenvalue weighted by Crippen LogP contribution is -1.98. The van der Waals surface area contributed by atoms with E-state index in [1.807, 2.05) is 24.5 Å². The van der Waals surface area contributed by atoms with E-state index in [1.165, 1.54) is 102 Å². The fraction of sp³-hybridized carbons (Fsp3) is 0.667. The van der Waals surface area contributed by atoms with Crippen LogP contribution in [0.15, 0.2) is 36.7 Å². The first-order valence-electron chi connectivity index (χ1n) is 13.9. The Bertz CT molecular complexity index is 735. The van der Waals surface area contributed by atoms with Gasteiger partial charge in [0.15, 0.2) is 5.82 Å². The first kappa shape index (κ1) is 25.7. The van der Waals surface area contributed by atoms with Crippen LogP contribution >= 0.6 is 0 Å². The van der Waals surface area contributed by atoms with Gasteiger partial charge in [-0.05, 0) is 55.0 Å². The van der Waals surface area contributed by atoms with Gasteiger partial charge in [-0.25, -0.2) is 9.97 Å². The largest absolute Gasteiger partial charge is 0.494 e. The van der Waals surface area contributed by atoms with Crippen LogP contribution in [0, 0.1) is 5.92 Å². The molecule has 0 spiro atoms. The van der Waals surface area contributed by atoms with Crippen LogP contribution in [0.1, 0.15) is 115 Å². The highest BCUT2D eigenvalue weighted by Crippen LogP contribution is 2.29. The fourth-order valence-electron chi connectivity index (χ4n) is 5.00. The Labute approximate surface area is 202 Å². The van der Waals surface area contributed by atoms with Gasteiger partial charge < -0.3 is 4.74 Å². The third kappa shape index (κ3) is 10.3. The van der Waals surface area contributed by atoms with Crippen LogP contribution < -0.4 is 4.74 Å². The molecule has 0 saturated heterocycles. The molecule has 1 aliphatic rings. The van der Waals surface area contributed by atoms with E-state index in [-0.39, 0.29) is 0 Å². The van der Waals surface area contributed by atoms with E-state index in [0.29, 0.717) is 0 Å². The Morgan fingerprint density at radius 1 is 0.758 bits per heavy atom. The molecule has 33 heavy (non-hydrogen) atoms. The summed E-state index contributed by atoms with van der Waals surface area (Å²) >= 11 is 0. The van der Waals surface area contributed by atoms with Crippen LogP contribution in [0.25, 0.3) is 11.4 Å². The van der Waals surface area contributed by atoms with E-state index in [1.54, 1.807) is 0 Å². The van der Waals surface area contributed by atoms with E-state index in [0.717, 1.165) is 42.5 Å². The lowest BCUT2D eigenvalue weighted by molar-refractivity contribution is 0.303. The van der Waals surface area contributed by atoms with Crippen molar-refractivity contribution < 1.29 is 4.74 Å². The molecule has 0 bridgehead atoms. The second-order valence-corrected chi connectivity index (χ2v) is 10.0. The summed E-state index contributed by atoms with van der Waals surface area (Å²) in [6.45, 7) is 3.08. The van der Waals surface area contributed by atoms with E-state index in [4.69, 9.17) is 4.74 Å². The molecule has 1 heterocycles. The maximum atomic E-state index is 5.94. The third-order valence-corrected chi connectivity index (χ3v) is 7.14. The Kier molecular flexibility index (Phi) is 12.4. The van der Waals surface area contributed by atoms with Gasteiger partial charge in [0.05, 0.1) is 6.61 Å². The normalized spacial score (nSPS) is 14.1. The van der Waals surface area contributed by atoms with E-state index in [2.05, 4.69) is 29.0 Å². The molecule has 1 aromatic heterocycles. The second kappa shape index (κ2) is 15.9. The molecular weight excluding hydrogens is 404 g/mol. The highest BCUT2D eigenvalue weighted by atomic mass is 16.5. The molecule has 182 valence electrons. The van der Waals surface area contributed by atoms with Crippen molar-refractivity contribution in [1.29, 1.82) is 0 Å². The molecule has 3 rings (SSSR count). The number of nitrogens with zero attached hydrogens (tertiary/aromatic N) is 2. The fourth-order valence-corrected chi connectivity index (χ4v) is 5.00. The minimum atomic E-state index is 0.798. The Hall–Kier alpha value is -1.90. The Morgan fingerprint density at radius 2 is 1.39 bits per heavy atom. The van der Waals surface area contributed by atoms with Gasteiger partial charge in [0.1, 0.15) is 5.75 Å². The predicted molar refractivity (Wildman–Crippen MR) is 140 cm³/mol. The predicted octanol–water partition coefficient (Wildman–Crippen LogP) is 8.96. The zero-order valence-electron chi connectivity index (χ0n) is 21.1. The molecule has 0 unspecified atom stereocenters. The van der Waals surface area contributed by atoms with Gasteiger partial charge in [-0.3, -0.25) is 0 Å². The van der Waals surface area contributed by atoms with Crippen molar-refractivity contribution in [2.24, 2.45) is 5.92 Å². The second-order valence-electron chi connectivity index (χ2n) is 10.0. The SMILES string of the molecule is CCCCCCCCCc1cnc(-c2ccc(OCCCCCCC3CCCC3)cc2)nc1. The number of aryl methyl sites for hydroxylation is 1. The number of hydrogen-bond acceptors (Lipinski definition) is 3. The maximum Gasteiger partial charge on any atom is 0.159 e. The molecule has 3 nitrogen and oxygen atoms in total. The summed E-state index contributed by atoms with van der Waals surface area (Å²) < 4.78 is 5.94. The number of ether oxygens (including phenoxy) is 1. The molecule has 1 aliphatic carbocycles. The highest BCUT2D eigenvalue weighted by Gasteiger charge is 2.13. The minimum absolute atomic E-state index is 0.798. The van der Waals surface area contributed by atoms with Gasteiger partial charge in [-0.15, -0.1) is 0 Å². The van der Waals surface area contributed by atoms with Crippen molar-refractivity contribution in [3.63, 3.8) is 0 Å². The number of unbranched alkanes of at least 4 members (excludes halogenated alkanes) is 9. The minimum Gasteiger partial charge on any atom is -0.494 e. The van der Waals surface area contributed by atoms with E-state index in [9.17, 15) is 0 Å².